The van der Waals surface area contributed by atoms with E-state index in [1.807, 2.05) is 0 Å². The zero-order valence-electron chi connectivity index (χ0n) is 19.4. The van der Waals surface area contributed by atoms with Crippen LogP contribution in [-0.2, 0) is 19.2 Å². The molecule has 1 aliphatic heterocycles. The summed E-state index contributed by atoms with van der Waals surface area (Å²) in [6.07, 6.45) is 12.9. The monoisotopic (exact) mass is 460 g/mol. The molecule has 0 radical (unpaired) electrons. The topological polar surface area (TPSA) is 125 Å². The van der Waals surface area contributed by atoms with Crippen LogP contribution in [-0.4, -0.2) is 67.0 Å². The summed E-state index contributed by atoms with van der Waals surface area (Å²) in [5, 5.41) is 8.02. The van der Waals surface area contributed by atoms with Crippen molar-refractivity contribution in [3.05, 3.63) is 0 Å². The first-order valence-corrected chi connectivity index (χ1v) is 11.9. The molecule has 1 saturated heterocycles. The summed E-state index contributed by atoms with van der Waals surface area (Å²) < 4.78 is 0. The first-order valence-electron chi connectivity index (χ1n) is 11.9. The molecule has 182 valence electrons. The molecule has 3 N–H and O–H groups in total. The van der Waals surface area contributed by atoms with Gasteiger partial charge in [-0.1, -0.05) is 19.3 Å². The third-order valence-corrected chi connectivity index (χ3v) is 6.59. The van der Waals surface area contributed by atoms with Gasteiger partial charge in [0.05, 0.1) is 12.0 Å². The lowest BCUT2D eigenvalue weighted by Crippen LogP contribution is -2.57. The summed E-state index contributed by atoms with van der Waals surface area (Å²) in [5.74, 6) is 0.871. The Morgan fingerprint density at radius 2 is 1.82 bits per heavy atom. The van der Waals surface area contributed by atoms with Crippen LogP contribution in [0.1, 0.15) is 64.2 Å². The van der Waals surface area contributed by atoms with Gasteiger partial charge in [0.25, 0.3) is 0 Å². The molecule has 33 heavy (non-hydrogen) atoms. The molecule has 9 heteroatoms. The quantitative estimate of drug-likeness (QED) is 0.195. The van der Waals surface area contributed by atoms with Crippen molar-refractivity contribution in [2.45, 2.75) is 76.3 Å². The molecule has 0 aromatic carbocycles. The SMILES string of the molecule is C#CCCCC(NC(=O)C1CCCN(C(=O)C(NC(=O)NC)C2CCCCC2)C1)C(=O)C=O. The highest BCUT2D eigenvalue weighted by Gasteiger charge is 2.37. The van der Waals surface area contributed by atoms with Crippen LogP contribution in [0.2, 0.25) is 0 Å². The highest BCUT2D eigenvalue weighted by molar-refractivity contribution is 6.27. The highest BCUT2D eigenvalue weighted by atomic mass is 16.2. The number of carbonyl (C=O) groups excluding carboxylic acids is 5. The zero-order chi connectivity index (χ0) is 24.2. The number of Topliss-reactive ketones (excluding diaryl/α,β-unsaturated/α-hetero) is 1. The van der Waals surface area contributed by atoms with E-state index in [4.69, 9.17) is 6.42 Å². The van der Waals surface area contributed by atoms with E-state index in [1.165, 1.54) is 7.05 Å². The Labute approximate surface area is 195 Å². The molecule has 1 saturated carbocycles. The molecule has 1 heterocycles. The van der Waals surface area contributed by atoms with E-state index in [0.717, 1.165) is 32.1 Å². The Kier molecular flexibility index (Phi) is 10.9. The Morgan fingerprint density at radius 3 is 2.45 bits per heavy atom. The molecule has 2 aliphatic rings. The Hall–Kier alpha value is -2.89. The van der Waals surface area contributed by atoms with Gasteiger partial charge in [-0.05, 0) is 44.4 Å². The summed E-state index contributed by atoms with van der Waals surface area (Å²) in [6.45, 7) is 0.732. The minimum atomic E-state index is -0.903. The maximum atomic E-state index is 13.4. The average Bonchev–Trinajstić information content (AvgIpc) is 2.86. The molecule has 0 aromatic rings. The molecule has 0 aromatic heterocycles. The number of piperidine rings is 1. The number of carbonyl (C=O) groups is 5. The molecule has 2 fully saturated rings. The molecule has 2 rings (SSSR count). The lowest BCUT2D eigenvalue weighted by Gasteiger charge is -2.37. The number of hydrogen-bond donors (Lipinski definition) is 3. The number of ketones is 1. The van der Waals surface area contributed by atoms with Crippen LogP contribution < -0.4 is 16.0 Å². The normalized spacial score (nSPS) is 20.6. The van der Waals surface area contributed by atoms with Crippen molar-refractivity contribution >= 4 is 29.9 Å². The smallest absolute Gasteiger partial charge is 0.315 e. The Balaban J connectivity index is 2.04. The number of hydrogen-bond acceptors (Lipinski definition) is 5. The van der Waals surface area contributed by atoms with Gasteiger partial charge >= 0.3 is 6.03 Å². The van der Waals surface area contributed by atoms with E-state index in [9.17, 15) is 24.0 Å². The van der Waals surface area contributed by atoms with Gasteiger partial charge in [0, 0.05) is 26.6 Å². The van der Waals surface area contributed by atoms with Crippen LogP contribution >= 0.6 is 0 Å². The fourth-order valence-corrected chi connectivity index (χ4v) is 4.72. The zero-order valence-corrected chi connectivity index (χ0v) is 19.4. The van der Waals surface area contributed by atoms with Gasteiger partial charge < -0.3 is 20.9 Å². The standard InChI is InChI=1S/C24H36N4O5/c1-3-4-6-13-19(20(30)16-29)26-22(31)18-12-9-14-28(15-18)23(32)21(27-24(33)25-2)17-10-7-5-8-11-17/h1,16-19,21H,4-15H2,2H3,(H,26,31)(H2,25,27,33). The molecule has 0 spiro atoms. The van der Waals surface area contributed by atoms with Crippen LogP contribution in [0.4, 0.5) is 4.79 Å². The predicted molar refractivity (Wildman–Crippen MR) is 123 cm³/mol. The van der Waals surface area contributed by atoms with Crippen molar-refractivity contribution in [3.63, 3.8) is 0 Å². The Morgan fingerprint density at radius 1 is 1.09 bits per heavy atom. The molecular formula is C24H36N4O5. The van der Waals surface area contributed by atoms with Crippen LogP contribution in [0.15, 0.2) is 0 Å². The maximum absolute atomic E-state index is 13.4. The van der Waals surface area contributed by atoms with E-state index in [1.54, 1.807) is 4.90 Å². The van der Waals surface area contributed by atoms with Gasteiger partial charge in [0.2, 0.25) is 17.6 Å². The van der Waals surface area contributed by atoms with Gasteiger partial charge in [-0.25, -0.2) is 4.79 Å². The number of rotatable bonds is 10. The van der Waals surface area contributed by atoms with E-state index >= 15 is 0 Å². The van der Waals surface area contributed by atoms with Crippen molar-refractivity contribution in [3.8, 4) is 12.3 Å². The molecule has 3 unspecified atom stereocenters. The minimum absolute atomic E-state index is 0.0727. The van der Waals surface area contributed by atoms with Crippen LogP contribution in [0.25, 0.3) is 0 Å². The lowest BCUT2D eigenvalue weighted by atomic mass is 9.83. The number of nitrogens with zero attached hydrogens (tertiary/aromatic N) is 1. The van der Waals surface area contributed by atoms with E-state index in [0.29, 0.717) is 38.6 Å². The number of nitrogens with one attached hydrogen (secondary N) is 3. The van der Waals surface area contributed by atoms with Crippen molar-refractivity contribution in [1.82, 2.24) is 20.9 Å². The minimum Gasteiger partial charge on any atom is -0.346 e. The highest BCUT2D eigenvalue weighted by Crippen LogP contribution is 2.28. The largest absolute Gasteiger partial charge is 0.346 e. The molecule has 9 nitrogen and oxygen atoms in total. The van der Waals surface area contributed by atoms with Gasteiger partial charge in [0.1, 0.15) is 6.04 Å². The Bertz CT molecular complexity index is 756. The number of aldehydes is 1. The number of unbranched alkanes of at least 4 members (excludes halogenated alkanes) is 1. The summed E-state index contributed by atoms with van der Waals surface area (Å²) in [4.78, 5) is 62.9. The van der Waals surface area contributed by atoms with E-state index in [-0.39, 0.29) is 30.6 Å². The third-order valence-electron chi connectivity index (χ3n) is 6.59. The second-order valence-electron chi connectivity index (χ2n) is 8.90. The average molecular weight is 461 g/mol. The second-order valence-corrected chi connectivity index (χ2v) is 8.90. The summed E-state index contributed by atoms with van der Waals surface area (Å²) in [7, 11) is 1.51. The first-order chi connectivity index (χ1) is 15.9. The molecule has 3 atom stereocenters. The summed E-state index contributed by atoms with van der Waals surface area (Å²) >= 11 is 0. The lowest BCUT2D eigenvalue weighted by molar-refractivity contribution is -0.140. The summed E-state index contributed by atoms with van der Waals surface area (Å²) in [5.41, 5.74) is 0. The second kappa shape index (κ2) is 13.6. The van der Waals surface area contributed by atoms with Gasteiger partial charge in [-0.15, -0.1) is 12.3 Å². The van der Waals surface area contributed by atoms with Crippen LogP contribution in [0.3, 0.4) is 0 Å². The fraction of sp³-hybridized carbons (Fsp3) is 0.708. The van der Waals surface area contributed by atoms with Crippen molar-refractivity contribution in [2.24, 2.45) is 11.8 Å². The van der Waals surface area contributed by atoms with Crippen molar-refractivity contribution < 1.29 is 24.0 Å². The number of urea groups is 1. The van der Waals surface area contributed by atoms with Crippen molar-refractivity contribution in [2.75, 3.05) is 20.1 Å². The first kappa shape index (κ1) is 26.4. The van der Waals surface area contributed by atoms with E-state index in [2.05, 4.69) is 21.9 Å². The number of amides is 4. The van der Waals surface area contributed by atoms with Crippen LogP contribution in [0.5, 0.6) is 0 Å². The van der Waals surface area contributed by atoms with Gasteiger partial charge in [0.15, 0.2) is 6.29 Å². The molecular weight excluding hydrogens is 424 g/mol. The maximum Gasteiger partial charge on any atom is 0.315 e. The number of likely N-dealkylation sites (tertiary alicyclic amines) is 1. The molecule has 4 amide bonds. The van der Waals surface area contributed by atoms with Crippen molar-refractivity contribution in [1.29, 1.82) is 0 Å². The molecule has 0 bridgehead atoms. The third kappa shape index (κ3) is 7.88. The predicted octanol–water partition coefficient (Wildman–Crippen LogP) is 1.16. The number of terminal acetylenes is 1. The van der Waals surface area contributed by atoms with E-state index < -0.39 is 29.8 Å². The fourth-order valence-electron chi connectivity index (χ4n) is 4.72. The van der Waals surface area contributed by atoms with Gasteiger partial charge in [-0.3, -0.25) is 19.2 Å². The van der Waals surface area contributed by atoms with Crippen LogP contribution in [0, 0.1) is 24.2 Å². The van der Waals surface area contributed by atoms with Gasteiger partial charge in [-0.2, -0.15) is 0 Å². The molecule has 1 aliphatic carbocycles. The summed E-state index contributed by atoms with van der Waals surface area (Å²) in [6, 6.07) is -1.92.